The summed E-state index contributed by atoms with van der Waals surface area (Å²) >= 11 is 0. The van der Waals surface area contributed by atoms with Gasteiger partial charge in [-0.1, -0.05) is 19.4 Å². The number of carbonyl (C=O) groups is 2. The summed E-state index contributed by atoms with van der Waals surface area (Å²) in [6, 6.07) is 8.77. The topological polar surface area (TPSA) is 80.6 Å². The molecule has 134 valence electrons. The number of carbonyl (C=O) groups excluding carboxylic acids is 2. The Bertz CT molecular complexity index is 737. The Morgan fingerprint density at radius 1 is 1.12 bits per heavy atom. The fourth-order valence-corrected chi connectivity index (χ4v) is 2.32. The average Bonchev–Trinajstić information content (AvgIpc) is 3.04. The van der Waals surface area contributed by atoms with E-state index in [1.165, 1.54) is 0 Å². The van der Waals surface area contributed by atoms with Crippen LogP contribution in [0, 0.1) is 6.92 Å². The zero-order chi connectivity index (χ0) is 18.2. The highest BCUT2D eigenvalue weighted by Crippen LogP contribution is 2.24. The number of aryl methyl sites for hydroxylation is 1. The van der Waals surface area contributed by atoms with E-state index in [-0.39, 0.29) is 17.6 Å². The predicted octanol–water partition coefficient (Wildman–Crippen LogP) is 4.12. The molecule has 25 heavy (non-hydrogen) atoms. The van der Waals surface area contributed by atoms with Crippen LogP contribution in [-0.4, -0.2) is 18.9 Å². The number of ether oxygens (including phenoxy) is 1. The van der Waals surface area contributed by atoms with Gasteiger partial charge in [-0.05, 0) is 43.2 Å². The second-order valence-corrected chi connectivity index (χ2v) is 5.85. The maximum Gasteiger partial charge on any atom is 0.291 e. The largest absolute Gasteiger partial charge is 0.453 e. The normalized spacial score (nSPS) is 10.5. The van der Waals surface area contributed by atoms with Gasteiger partial charge in [0, 0.05) is 13.5 Å². The maximum atomic E-state index is 12.4. The van der Waals surface area contributed by atoms with E-state index in [9.17, 15) is 9.59 Å². The number of rotatable bonds is 8. The minimum absolute atomic E-state index is 0.0680. The maximum absolute atomic E-state index is 12.4. The van der Waals surface area contributed by atoms with E-state index in [0.29, 0.717) is 30.2 Å². The van der Waals surface area contributed by atoms with Crippen molar-refractivity contribution in [2.45, 2.75) is 39.7 Å². The SMILES string of the molecule is CCCCC(=O)Nc1ccc(C)cc1NC(=O)c1ccc(COC)o1. The number of nitrogens with one attached hydrogen (secondary N) is 2. The summed E-state index contributed by atoms with van der Waals surface area (Å²) < 4.78 is 10.4. The molecule has 6 heteroatoms. The number of hydrogen-bond donors (Lipinski definition) is 2. The molecule has 0 fully saturated rings. The molecule has 0 saturated heterocycles. The second kappa shape index (κ2) is 9.03. The van der Waals surface area contributed by atoms with Crippen molar-refractivity contribution in [2.24, 2.45) is 0 Å². The number of anilines is 2. The summed E-state index contributed by atoms with van der Waals surface area (Å²) in [5.41, 5.74) is 2.09. The molecule has 0 aliphatic heterocycles. The summed E-state index contributed by atoms with van der Waals surface area (Å²) in [5, 5.41) is 5.65. The number of unbranched alkanes of at least 4 members (excludes halogenated alkanes) is 1. The molecule has 0 aliphatic rings. The standard InChI is InChI=1S/C19H24N2O4/c1-4-5-6-18(22)20-15-9-7-13(2)11-16(15)21-19(23)17-10-8-14(25-17)12-24-3/h7-11H,4-6,12H2,1-3H3,(H,20,22)(H,21,23). The monoisotopic (exact) mass is 344 g/mol. The number of furan rings is 1. The van der Waals surface area contributed by atoms with Gasteiger partial charge in [-0.2, -0.15) is 0 Å². The third kappa shape index (κ3) is 5.46. The molecule has 2 N–H and O–H groups in total. The van der Waals surface area contributed by atoms with Gasteiger partial charge in [0.05, 0.1) is 11.4 Å². The van der Waals surface area contributed by atoms with Gasteiger partial charge < -0.3 is 19.8 Å². The van der Waals surface area contributed by atoms with Crippen LogP contribution in [0.25, 0.3) is 0 Å². The average molecular weight is 344 g/mol. The van der Waals surface area contributed by atoms with Crippen molar-refractivity contribution in [3.8, 4) is 0 Å². The minimum Gasteiger partial charge on any atom is -0.453 e. The van der Waals surface area contributed by atoms with Gasteiger partial charge >= 0.3 is 0 Å². The molecule has 2 aromatic rings. The van der Waals surface area contributed by atoms with Crippen LogP contribution < -0.4 is 10.6 Å². The van der Waals surface area contributed by atoms with Crippen molar-refractivity contribution in [2.75, 3.05) is 17.7 Å². The summed E-state index contributed by atoms with van der Waals surface area (Å²) in [4.78, 5) is 24.4. The Morgan fingerprint density at radius 2 is 1.92 bits per heavy atom. The first-order chi connectivity index (χ1) is 12.0. The zero-order valence-corrected chi connectivity index (χ0v) is 14.8. The van der Waals surface area contributed by atoms with E-state index in [0.717, 1.165) is 18.4 Å². The smallest absolute Gasteiger partial charge is 0.291 e. The number of hydrogen-bond acceptors (Lipinski definition) is 4. The van der Waals surface area contributed by atoms with E-state index < -0.39 is 0 Å². The molecular formula is C19H24N2O4. The van der Waals surface area contributed by atoms with Crippen LogP contribution in [0.3, 0.4) is 0 Å². The van der Waals surface area contributed by atoms with Gasteiger partial charge in [0.25, 0.3) is 5.91 Å². The third-order valence-electron chi connectivity index (χ3n) is 3.63. The third-order valence-corrected chi connectivity index (χ3v) is 3.63. The van der Waals surface area contributed by atoms with Gasteiger partial charge in [0.15, 0.2) is 5.76 Å². The molecule has 0 saturated carbocycles. The summed E-state index contributed by atoms with van der Waals surface area (Å²) in [6.07, 6.45) is 2.23. The van der Waals surface area contributed by atoms with Gasteiger partial charge in [-0.15, -0.1) is 0 Å². The molecule has 1 aromatic carbocycles. The molecule has 0 unspecified atom stereocenters. The Kier molecular flexibility index (Phi) is 6.77. The Balaban J connectivity index is 2.12. The molecule has 0 spiro atoms. The first-order valence-corrected chi connectivity index (χ1v) is 8.33. The van der Waals surface area contributed by atoms with E-state index in [1.807, 2.05) is 26.0 Å². The van der Waals surface area contributed by atoms with Crippen molar-refractivity contribution in [1.82, 2.24) is 0 Å². The first kappa shape index (κ1) is 18.7. The lowest BCUT2D eigenvalue weighted by atomic mass is 10.1. The van der Waals surface area contributed by atoms with Crippen LogP contribution in [0.5, 0.6) is 0 Å². The molecule has 0 bridgehead atoms. The molecular weight excluding hydrogens is 320 g/mol. The molecule has 2 amide bonds. The van der Waals surface area contributed by atoms with E-state index in [1.54, 1.807) is 25.3 Å². The van der Waals surface area contributed by atoms with Crippen LogP contribution in [0.1, 0.15) is 48.1 Å². The quantitative estimate of drug-likeness (QED) is 0.755. The summed E-state index contributed by atoms with van der Waals surface area (Å²) in [7, 11) is 1.56. The Labute approximate surface area is 147 Å². The van der Waals surface area contributed by atoms with Gasteiger partial charge in [-0.3, -0.25) is 9.59 Å². The minimum atomic E-state index is -0.378. The fraction of sp³-hybridized carbons (Fsp3) is 0.368. The van der Waals surface area contributed by atoms with Crippen LogP contribution in [0.4, 0.5) is 11.4 Å². The van der Waals surface area contributed by atoms with Crippen LogP contribution in [0.2, 0.25) is 0 Å². The van der Waals surface area contributed by atoms with Crippen molar-refractivity contribution in [3.05, 3.63) is 47.4 Å². The van der Waals surface area contributed by atoms with Crippen molar-refractivity contribution >= 4 is 23.2 Å². The van der Waals surface area contributed by atoms with Crippen LogP contribution >= 0.6 is 0 Å². The predicted molar refractivity (Wildman–Crippen MR) is 96.7 cm³/mol. The molecule has 0 radical (unpaired) electrons. The summed E-state index contributed by atoms with van der Waals surface area (Å²) in [6.45, 7) is 4.25. The number of benzene rings is 1. The first-order valence-electron chi connectivity index (χ1n) is 8.33. The molecule has 0 atom stereocenters. The molecule has 1 aromatic heterocycles. The van der Waals surface area contributed by atoms with E-state index in [2.05, 4.69) is 10.6 Å². The fourth-order valence-electron chi connectivity index (χ4n) is 2.32. The Hall–Kier alpha value is -2.60. The highest BCUT2D eigenvalue weighted by atomic mass is 16.5. The molecule has 1 heterocycles. The highest BCUT2D eigenvalue weighted by Gasteiger charge is 2.14. The van der Waals surface area contributed by atoms with Crippen LogP contribution in [0.15, 0.2) is 34.7 Å². The van der Waals surface area contributed by atoms with Crippen molar-refractivity contribution in [3.63, 3.8) is 0 Å². The van der Waals surface area contributed by atoms with E-state index in [4.69, 9.17) is 9.15 Å². The van der Waals surface area contributed by atoms with Crippen LogP contribution in [-0.2, 0) is 16.1 Å². The Morgan fingerprint density at radius 3 is 2.64 bits per heavy atom. The van der Waals surface area contributed by atoms with E-state index >= 15 is 0 Å². The number of methoxy groups -OCH3 is 1. The molecule has 2 rings (SSSR count). The van der Waals surface area contributed by atoms with Gasteiger partial charge in [0.2, 0.25) is 5.91 Å². The highest BCUT2D eigenvalue weighted by molar-refractivity contribution is 6.05. The lowest BCUT2D eigenvalue weighted by Crippen LogP contribution is -2.16. The zero-order valence-electron chi connectivity index (χ0n) is 14.8. The second-order valence-electron chi connectivity index (χ2n) is 5.85. The van der Waals surface area contributed by atoms with Gasteiger partial charge in [-0.25, -0.2) is 0 Å². The van der Waals surface area contributed by atoms with Gasteiger partial charge in [0.1, 0.15) is 12.4 Å². The lowest BCUT2D eigenvalue weighted by Gasteiger charge is -2.12. The summed E-state index contributed by atoms with van der Waals surface area (Å²) in [5.74, 6) is 0.320. The molecule has 0 aliphatic carbocycles. The lowest BCUT2D eigenvalue weighted by molar-refractivity contribution is -0.116. The van der Waals surface area contributed by atoms with Crippen molar-refractivity contribution in [1.29, 1.82) is 0 Å². The van der Waals surface area contributed by atoms with Crippen molar-refractivity contribution < 1.29 is 18.7 Å². The molecule has 6 nitrogen and oxygen atoms in total. The number of amides is 2.